The molecule has 0 atom stereocenters. The number of aliphatic hydroxyl groups excluding tert-OH is 4. The zero-order chi connectivity index (χ0) is 45.7. The topological polar surface area (TPSA) is 340 Å². The van der Waals surface area contributed by atoms with E-state index in [1.54, 1.807) is 60.7 Å². The third kappa shape index (κ3) is 16.0. The minimum Gasteiger partial charge on any atom is -0.744 e. The van der Waals surface area contributed by atoms with Crippen molar-refractivity contribution in [2.75, 3.05) is 62.4 Å². The maximum atomic E-state index is 12.6. The molecular weight excluding hydrogens is 951 g/mol. The van der Waals surface area contributed by atoms with Crippen LogP contribution in [0.25, 0.3) is 12.2 Å². The molecule has 0 amide bonds. The van der Waals surface area contributed by atoms with Gasteiger partial charge >= 0.3 is 103 Å². The number of H-pyrrole nitrogens is 4. The molecule has 0 aliphatic rings. The van der Waals surface area contributed by atoms with Crippen LogP contribution in [0, 0.1) is 0 Å². The molecule has 6 rings (SSSR count). The monoisotopic (exact) mass is 992 g/mol. The first-order chi connectivity index (χ1) is 30.8. The standard InChI is InChI=1S/C40H44N12O10S2.2K/c53-21-17-51(18-22-54)39-47-35(41-29-7-3-1-4-8-29)45-37(49-39)43-31-15-13-27(33(25-31)63(57,58)59)11-12-28-14-16-32(26-34(28)64(60,61)62)44-38-46-36(42-30-9-5-2-6-10-30)48-40(50-38)52(19-23-55)20-24-56;;/h1-16,25-26,53-56H,17-24H2,(H,57,58,59)(H,60,61,62)(H2,41,43,45,47,49)(H2,42,44,46,48,50);;/q;2*+1/p-2. The SMILES string of the molecule is O=S(=O)([O-])c1cc(N=c2[nH]c(N(CCO)CCO)nc(=Nc3ccccc3)[nH]2)ccc1C=Cc1ccc(N=c2[nH]c(N(CCO)CCO)nc(=Nc3ccccc3)[nH]2)cc1S(=O)(=O)[O-].[K+].[K+]. The van der Waals surface area contributed by atoms with E-state index >= 15 is 0 Å². The number of hydrogen-bond acceptors (Lipinski definition) is 18. The van der Waals surface area contributed by atoms with Crippen LogP contribution < -0.4 is 135 Å². The average molecular weight is 993 g/mol. The number of aliphatic hydroxyl groups is 4. The molecule has 336 valence electrons. The molecule has 0 aliphatic carbocycles. The zero-order valence-corrected chi connectivity index (χ0v) is 43.6. The molecular formula is C40H42K2N12O10S2. The van der Waals surface area contributed by atoms with E-state index in [2.05, 4.69) is 49.9 Å². The van der Waals surface area contributed by atoms with Crippen molar-refractivity contribution >= 4 is 67.0 Å². The van der Waals surface area contributed by atoms with Crippen molar-refractivity contribution in [1.82, 2.24) is 29.9 Å². The van der Waals surface area contributed by atoms with Crippen LogP contribution >= 0.6 is 0 Å². The van der Waals surface area contributed by atoms with Crippen LogP contribution in [-0.4, -0.2) is 129 Å². The molecule has 2 heterocycles. The Labute approximate surface area is 462 Å². The summed E-state index contributed by atoms with van der Waals surface area (Å²) in [6.07, 6.45) is 2.31. The third-order valence-electron chi connectivity index (χ3n) is 8.86. The molecule has 66 heavy (non-hydrogen) atoms. The summed E-state index contributed by atoms with van der Waals surface area (Å²) in [6.45, 7) is -0.778. The number of aromatic amines is 4. The Morgan fingerprint density at radius 1 is 0.500 bits per heavy atom. The number of benzene rings is 4. The summed E-state index contributed by atoms with van der Waals surface area (Å²) in [5.74, 6) is 0.310. The maximum Gasteiger partial charge on any atom is 1.00 e. The second-order valence-electron chi connectivity index (χ2n) is 13.4. The number of hydrogen-bond donors (Lipinski definition) is 8. The van der Waals surface area contributed by atoms with Gasteiger partial charge < -0.3 is 39.3 Å². The number of nitrogens with one attached hydrogen (secondary N) is 4. The van der Waals surface area contributed by atoms with Gasteiger partial charge in [-0.05, 0) is 59.7 Å². The van der Waals surface area contributed by atoms with Gasteiger partial charge in [-0.2, -0.15) is 9.97 Å². The van der Waals surface area contributed by atoms with E-state index < -0.39 is 30.0 Å². The van der Waals surface area contributed by atoms with Crippen molar-refractivity contribution in [3.63, 3.8) is 0 Å². The molecule has 8 N–H and O–H groups in total. The summed E-state index contributed by atoms with van der Waals surface area (Å²) in [5, 5.41) is 38.5. The van der Waals surface area contributed by atoms with E-state index in [1.807, 2.05) is 0 Å². The minimum absolute atomic E-state index is 0. The Morgan fingerprint density at radius 3 is 1.17 bits per heavy atom. The van der Waals surface area contributed by atoms with Gasteiger partial charge in [-0.15, -0.1) is 0 Å². The first kappa shape index (κ1) is 55.0. The van der Waals surface area contributed by atoms with Crippen molar-refractivity contribution in [1.29, 1.82) is 0 Å². The van der Waals surface area contributed by atoms with Crippen molar-refractivity contribution in [3.8, 4) is 0 Å². The van der Waals surface area contributed by atoms with Gasteiger partial charge in [0.15, 0.2) is 0 Å². The van der Waals surface area contributed by atoms with Gasteiger partial charge in [0.1, 0.15) is 20.2 Å². The molecule has 26 heteroatoms. The average Bonchev–Trinajstić information content (AvgIpc) is 3.26. The van der Waals surface area contributed by atoms with E-state index in [0.717, 1.165) is 24.3 Å². The number of rotatable bonds is 18. The second kappa shape index (κ2) is 26.2. The third-order valence-corrected chi connectivity index (χ3v) is 10.6. The van der Waals surface area contributed by atoms with E-state index in [9.17, 15) is 46.4 Å². The predicted molar refractivity (Wildman–Crippen MR) is 230 cm³/mol. The fourth-order valence-electron chi connectivity index (χ4n) is 6.03. The Kier molecular flexibility index (Phi) is 21.8. The predicted octanol–water partition coefficient (Wildman–Crippen LogP) is -5.71. The smallest absolute Gasteiger partial charge is 0.744 e. The van der Waals surface area contributed by atoms with Crippen molar-refractivity contribution < 1.29 is 149 Å². The molecule has 2 aromatic heterocycles. The van der Waals surface area contributed by atoms with Gasteiger partial charge in [-0.3, -0.25) is 19.9 Å². The van der Waals surface area contributed by atoms with Crippen LogP contribution in [0.2, 0.25) is 0 Å². The second-order valence-corrected chi connectivity index (χ2v) is 16.1. The normalized spacial score (nSPS) is 12.9. The molecule has 4 aromatic carbocycles. The number of para-hydroxylation sites is 2. The van der Waals surface area contributed by atoms with E-state index in [4.69, 9.17) is 0 Å². The largest absolute Gasteiger partial charge is 1.00 e. The number of anilines is 2. The van der Waals surface area contributed by atoms with Crippen LogP contribution in [-0.2, 0) is 20.2 Å². The van der Waals surface area contributed by atoms with Crippen molar-refractivity contribution in [2.24, 2.45) is 20.0 Å². The van der Waals surface area contributed by atoms with E-state index in [-0.39, 0.29) is 212 Å². The van der Waals surface area contributed by atoms with Gasteiger partial charge in [0, 0.05) is 26.2 Å². The fourth-order valence-corrected chi connectivity index (χ4v) is 7.41. The fraction of sp³-hybridized carbons (Fsp3) is 0.200. The molecule has 0 saturated heterocycles. The molecule has 6 aromatic rings. The maximum absolute atomic E-state index is 12.6. The van der Waals surface area contributed by atoms with Gasteiger partial charge in [0.2, 0.25) is 34.4 Å². The van der Waals surface area contributed by atoms with Crippen molar-refractivity contribution in [3.05, 3.63) is 131 Å². The van der Waals surface area contributed by atoms with Gasteiger partial charge in [0.25, 0.3) is 0 Å². The summed E-state index contributed by atoms with van der Waals surface area (Å²) in [5.41, 5.74) is 0.838. The van der Waals surface area contributed by atoms with Crippen LogP contribution in [0.1, 0.15) is 11.1 Å². The van der Waals surface area contributed by atoms with Crippen LogP contribution in [0.15, 0.2) is 127 Å². The van der Waals surface area contributed by atoms with Crippen LogP contribution in [0.5, 0.6) is 0 Å². The minimum atomic E-state index is -5.18. The first-order valence-corrected chi connectivity index (χ1v) is 22.1. The number of nitrogens with zero attached hydrogens (tertiary/aromatic N) is 8. The molecule has 0 aliphatic heterocycles. The van der Waals surface area contributed by atoms with Crippen molar-refractivity contribution in [2.45, 2.75) is 9.79 Å². The Hall–Kier alpha value is -3.63. The first-order valence-electron chi connectivity index (χ1n) is 19.3. The molecule has 0 fully saturated rings. The summed E-state index contributed by atoms with van der Waals surface area (Å²) >= 11 is 0. The van der Waals surface area contributed by atoms with E-state index in [1.165, 1.54) is 34.1 Å². The van der Waals surface area contributed by atoms with E-state index in [0.29, 0.717) is 11.4 Å². The Morgan fingerprint density at radius 2 is 0.848 bits per heavy atom. The number of aromatic nitrogens is 6. The molecule has 0 radical (unpaired) electrons. The summed E-state index contributed by atoms with van der Waals surface area (Å²) < 4.78 is 75.6. The Bertz CT molecular complexity index is 2890. The quantitative estimate of drug-likeness (QED) is 0.0226. The molecule has 0 spiro atoms. The summed E-state index contributed by atoms with van der Waals surface area (Å²) in [6, 6.07) is 24.9. The Balaban J connectivity index is 0.00000476. The summed E-state index contributed by atoms with van der Waals surface area (Å²) in [7, 11) is -10.4. The van der Waals surface area contributed by atoms with Gasteiger partial charge in [-0.25, -0.2) is 36.8 Å². The van der Waals surface area contributed by atoms with Gasteiger partial charge in [0.05, 0.1) is 59.0 Å². The molecule has 0 unspecified atom stereocenters. The molecule has 0 bridgehead atoms. The summed E-state index contributed by atoms with van der Waals surface area (Å²) in [4.78, 5) is 39.9. The molecule has 0 saturated carbocycles. The van der Waals surface area contributed by atoms with Gasteiger partial charge in [-0.1, -0.05) is 60.7 Å². The van der Waals surface area contributed by atoms with Crippen LogP contribution in [0.3, 0.4) is 0 Å². The zero-order valence-electron chi connectivity index (χ0n) is 35.7. The molecule has 22 nitrogen and oxygen atoms in total. The van der Waals surface area contributed by atoms with Crippen LogP contribution in [0.4, 0.5) is 34.6 Å².